The van der Waals surface area contributed by atoms with E-state index >= 15 is 0 Å². The molecule has 1 rings (SSSR count). The molecule has 13 heavy (non-hydrogen) atoms. The van der Waals surface area contributed by atoms with Gasteiger partial charge in [-0.3, -0.25) is 19.9 Å². The minimum atomic E-state index is -0.487. The quantitative estimate of drug-likeness (QED) is 0.548. The normalized spacial score (nSPS) is 15.2. The van der Waals surface area contributed by atoms with Crippen LogP contribution in [0.3, 0.4) is 0 Å². The fraction of sp³-hybridized carbons (Fsp3) is 0.375. The van der Waals surface area contributed by atoms with Crippen molar-refractivity contribution in [1.82, 2.24) is 4.90 Å². The molecule has 0 aromatic rings. The average molecular weight is 179 g/mol. The Morgan fingerprint density at radius 3 is 2.92 bits per heavy atom. The Bertz CT molecular complexity index is 324. The van der Waals surface area contributed by atoms with Gasteiger partial charge in [0.1, 0.15) is 5.84 Å². The average Bonchev–Trinajstić information content (AvgIpc) is 2.03. The second-order valence-corrected chi connectivity index (χ2v) is 2.60. The number of carbonyl (C=O) groups excluding carboxylic acids is 2. The Labute approximate surface area is 75.4 Å². The summed E-state index contributed by atoms with van der Waals surface area (Å²) in [4.78, 5) is 22.7. The monoisotopic (exact) mass is 179 g/mol. The largest absolute Gasteiger partial charge is 0.370 e. The molecule has 1 aliphatic heterocycles. The minimum Gasteiger partial charge on any atom is -0.370 e. The second-order valence-electron chi connectivity index (χ2n) is 2.60. The SMILES string of the molecule is N=C1CC#CC(=O)N1CCC(N)=O. The molecule has 0 radical (unpaired) electrons. The molecule has 0 spiro atoms. The van der Waals surface area contributed by atoms with Crippen LogP contribution in [-0.4, -0.2) is 29.1 Å². The topological polar surface area (TPSA) is 87.2 Å². The first-order valence-corrected chi connectivity index (χ1v) is 3.77. The maximum absolute atomic E-state index is 11.1. The van der Waals surface area contributed by atoms with Crippen LogP contribution in [-0.2, 0) is 9.59 Å². The third-order valence-electron chi connectivity index (χ3n) is 1.60. The van der Waals surface area contributed by atoms with Crippen LogP contribution < -0.4 is 5.73 Å². The van der Waals surface area contributed by atoms with Crippen molar-refractivity contribution >= 4 is 17.6 Å². The molecule has 0 aromatic carbocycles. The molecule has 0 fully saturated rings. The summed E-state index contributed by atoms with van der Waals surface area (Å²) in [6, 6.07) is 0. The van der Waals surface area contributed by atoms with Crippen molar-refractivity contribution in [2.75, 3.05) is 6.54 Å². The number of hydrogen-bond acceptors (Lipinski definition) is 3. The summed E-state index contributed by atoms with van der Waals surface area (Å²) in [5.41, 5.74) is 4.92. The van der Waals surface area contributed by atoms with E-state index in [2.05, 4.69) is 11.8 Å². The lowest BCUT2D eigenvalue weighted by molar-refractivity contribution is -0.122. The number of amidine groups is 1. The Morgan fingerprint density at radius 1 is 1.69 bits per heavy atom. The van der Waals surface area contributed by atoms with Crippen LogP contribution in [0.5, 0.6) is 0 Å². The zero-order valence-corrected chi connectivity index (χ0v) is 6.96. The van der Waals surface area contributed by atoms with Gasteiger partial charge < -0.3 is 5.73 Å². The van der Waals surface area contributed by atoms with Crippen molar-refractivity contribution in [2.24, 2.45) is 5.73 Å². The highest BCUT2D eigenvalue weighted by molar-refractivity contribution is 6.08. The van der Waals surface area contributed by atoms with Crippen molar-refractivity contribution in [3.63, 3.8) is 0 Å². The molecule has 1 aliphatic rings. The maximum Gasteiger partial charge on any atom is 0.303 e. The molecular weight excluding hydrogens is 170 g/mol. The van der Waals surface area contributed by atoms with Gasteiger partial charge in [0.25, 0.3) is 0 Å². The summed E-state index contributed by atoms with van der Waals surface area (Å²) in [6.45, 7) is 0.154. The summed E-state index contributed by atoms with van der Waals surface area (Å²) in [7, 11) is 0. The van der Waals surface area contributed by atoms with Gasteiger partial charge in [-0.1, -0.05) is 5.92 Å². The highest BCUT2D eigenvalue weighted by Gasteiger charge is 2.19. The van der Waals surface area contributed by atoms with Crippen molar-refractivity contribution < 1.29 is 9.59 Å². The van der Waals surface area contributed by atoms with Gasteiger partial charge in [-0.2, -0.15) is 0 Å². The number of primary amides is 1. The molecule has 0 bridgehead atoms. The maximum atomic E-state index is 11.1. The van der Waals surface area contributed by atoms with Crippen LogP contribution in [0, 0.1) is 17.3 Å². The van der Waals surface area contributed by atoms with Crippen LogP contribution in [0.25, 0.3) is 0 Å². The van der Waals surface area contributed by atoms with Gasteiger partial charge in [0.15, 0.2) is 0 Å². The number of carbonyl (C=O) groups is 2. The summed E-state index contributed by atoms with van der Waals surface area (Å²) in [5, 5.41) is 7.37. The van der Waals surface area contributed by atoms with E-state index in [-0.39, 0.29) is 25.2 Å². The number of nitrogens with zero attached hydrogens (tertiary/aromatic N) is 1. The van der Waals surface area contributed by atoms with Crippen LogP contribution in [0.2, 0.25) is 0 Å². The molecule has 0 unspecified atom stereocenters. The Balaban J connectivity index is 2.59. The van der Waals surface area contributed by atoms with Crippen molar-refractivity contribution in [2.45, 2.75) is 12.8 Å². The first-order valence-electron chi connectivity index (χ1n) is 3.77. The number of rotatable bonds is 3. The van der Waals surface area contributed by atoms with Crippen molar-refractivity contribution in [3.05, 3.63) is 0 Å². The molecule has 0 atom stereocenters. The summed E-state index contributed by atoms with van der Waals surface area (Å²) in [5.74, 6) is 4.06. The lowest BCUT2D eigenvalue weighted by Crippen LogP contribution is -2.39. The fourth-order valence-corrected chi connectivity index (χ4v) is 0.948. The number of hydrogen-bond donors (Lipinski definition) is 2. The highest BCUT2D eigenvalue weighted by atomic mass is 16.2. The molecule has 3 N–H and O–H groups in total. The van der Waals surface area contributed by atoms with Crippen molar-refractivity contribution in [3.8, 4) is 11.8 Å². The van der Waals surface area contributed by atoms with Crippen LogP contribution in [0.15, 0.2) is 0 Å². The standard InChI is InChI=1S/C8H9N3O2/c9-6-2-1-3-8(13)11(6)5-4-7(10)12/h9H,2,4-5H2,(H2,10,12). The smallest absolute Gasteiger partial charge is 0.303 e. The second kappa shape index (κ2) is 3.72. The van der Waals surface area contributed by atoms with E-state index in [9.17, 15) is 9.59 Å². The first kappa shape index (κ1) is 9.26. The summed E-state index contributed by atoms with van der Waals surface area (Å²) in [6.07, 6.45) is 0.320. The van der Waals surface area contributed by atoms with Gasteiger partial charge in [0.2, 0.25) is 5.91 Å². The van der Waals surface area contributed by atoms with Gasteiger partial charge >= 0.3 is 5.91 Å². The molecule has 0 saturated carbocycles. The lowest BCUT2D eigenvalue weighted by atomic mass is 10.2. The van der Waals surface area contributed by atoms with E-state index in [1.807, 2.05) is 0 Å². The van der Waals surface area contributed by atoms with E-state index < -0.39 is 11.8 Å². The zero-order chi connectivity index (χ0) is 9.84. The summed E-state index contributed by atoms with van der Waals surface area (Å²) < 4.78 is 0. The number of nitrogens with one attached hydrogen (secondary N) is 1. The van der Waals surface area contributed by atoms with E-state index in [0.29, 0.717) is 0 Å². The zero-order valence-electron chi connectivity index (χ0n) is 6.96. The van der Waals surface area contributed by atoms with Crippen LogP contribution in [0.1, 0.15) is 12.8 Å². The van der Waals surface area contributed by atoms with Gasteiger partial charge in [0, 0.05) is 13.0 Å². The van der Waals surface area contributed by atoms with Crippen LogP contribution >= 0.6 is 0 Å². The van der Waals surface area contributed by atoms with Gasteiger partial charge in [-0.05, 0) is 5.92 Å². The predicted molar refractivity (Wildman–Crippen MR) is 45.6 cm³/mol. The Morgan fingerprint density at radius 2 is 2.38 bits per heavy atom. The van der Waals surface area contributed by atoms with Gasteiger partial charge in [-0.25, -0.2) is 0 Å². The van der Waals surface area contributed by atoms with E-state index in [0.717, 1.165) is 0 Å². The van der Waals surface area contributed by atoms with Crippen LogP contribution in [0.4, 0.5) is 0 Å². The number of nitrogens with two attached hydrogens (primary N) is 1. The summed E-state index contributed by atoms with van der Waals surface area (Å²) >= 11 is 0. The third-order valence-corrected chi connectivity index (χ3v) is 1.60. The molecule has 0 aliphatic carbocycles. The van der Waals surface area contributed by atoms with Crippen molar-refractivity contribution in [1.29, 1.82) is 5.41 Å². The van der Waals surface area contributed by atoms with E-state index in [1.54, 1.807) is 0 Å². The predicted octanol–water partition coefficient (Wildman–Crippen LogP) is -0.925. The molecule has 1 heterocycles. The Hall–Kier alpha value is -1.83. The number of amides is 2. The first-order chi connectivity index (χ1) is 6.11. The molecule has 0 aromatic heterocycles. The van der Waals surface area contributed by atoms with E-state index in [1.165, 1.54) is 4.90 Å². The molecule has 68 valence electrons. The third kappa shape index (κ3) is 2.30. The minimum absolute atomic E-state index is 0.0653. The highest BCUT2D eigenvalue weighted by Crippen LogP contribution is 2.01. The van der Waals surface area contributed by atoms with E-state index in [4.69, 9.17) is 11.1 Å². The molecule has 0 saturated heterocycles. The van der Waals surface area contributed by atoms with Gasteiger partial charge in [-0.15, -0.1) is 0 Å². The Kier molecular flexibility index (Phi) is 2.65. The molecule has 5 heteroatoms. The van der Waals surface area contributed by atoms with Gasteiger partial charge in [0.05, 0.1) is 6.42 Å². The molecule has 2 amide bonds. The molecule has 5 nitrogen and oxygen atoms in total. The fourth-order valence-electron chi connectivity index (χ4n) is 0.948. The molecular formula is C8H9N3O2. The lowest BCUT2D eigenvalue weighted by Gasteiger charge is -2.20.